The highest BCUT2D eigenvalue weighted by atomic mass is 19.4. The second kappa shape index (κ2) is 4.84. The maximum atomic E-state index is 12.3. The average Bonchev–Trinajstić information content (AvgIpc) is 2.25. The molecule has 0 nitrogen and oxygen atoms in total. The molecule has 3 heteroatoms. The highest BCUT2D eigenvalue weighted by molar-refractivity contribution is 5.74. The molecule has 0 saturated carbocycles. The Labute approximate surface area is 92.4 Å². The molecule has 0 N–H and O–H groups in total. The fourth-order valence-electron chi connectivity index (χ4n) is 1.26. The zero-order valence-electron chi connectivity index (χ0n) is 8.59. The van der Waals surface area contributed by atoms with Gasteiger partial charge in [0.2, 0.25) is 0 Å². The van der Waals surface area contributed by atoms with Crippen molar-refractivity contribution < 1.29 is 13.2 Å². The van der Waals surface area contributed by atoms with Gasteiger partial charge < -0.3 is 0 Å². The lowest BCUT2D eigenvalue weighted by atomic mass is 10.0. The molecule has 0 aliphatic rings. The molecule has 0 aromatic heterocycles. The summed E-state index contributed by atoms with van der Waals surface area (Å²) >= 11 is 0. The smallest absolute Gasteiger partial charge is 0.166 e. The van der Waals surface area contributed by atoms with Gasteiger partial charge in [-0.1, -0.05) is 43.5 Å². The van der Waals surface area contributed by atoms with Gasteiger partial charge >= 0.3 is 6.18 Å². The molecule has 0 heterocycles. The van der Waals surface area contributed by atoms with Crippen LogP contribution in [0.2, 0.25) is 0 Å². The molecule has 16 heavy (non-hydrogen) atoms. The van der Waals surface area contributed by atoms with E-state index >= 15 is 0 Å². The molecule has 0 aliphatic carbocycles. The third-order valence-corrected chi connectivity index (χ3v) is 2.06. The Hall–Kier alpha value is -1.77. The first-order valence-corrected chi connectivity index (χ1v) is 4.62. The predicted octanol–water partition coefficient (Wildman–Crippen LogP) is 4.46. The van der Waals surface area contributed by atoms with Crippen LogP contribution in [0, 0.1) is 0 Å². The number of alkyl halides is 3. The first kappa shape index (κ1) is 12.3. The second-order valence-corrected chi connectivity index (χ2v) is 3.14. The third kappa shape index (κ3) is 2.86. The van der Waals surface area contributed by atoms with Crippen molar-refractivity contribution in [3.8, 4) is 0 Å². The van der Waals surface area contributed by atoms with Crippen molar-refractivity contribution in [3.63, 3.8) is 0 Å². The molecule has 0 bridgehead atoms. The quantitative estimate of drug-likeness (QED) is 0.665. The van der Waals surface area contributed by atoms with Crippen LogP contribution in [0.15, 0.2) is 55.7 Å². The summed E-state index contributed by atoms with van der Waals surface area (Å²) in [6.45, 7) is 7.12. The summed E-state index contributed by atoms with van der Waals surface area (Å²) in [5.41, 5.74) is 0.768. The first-order valence-electron chi connectivity index (χ1n) is 4.62. The molecular formula is C13H11F3. The van der Waals surface area contributed by atoms with E-state index in [0.29, 0.717) is 5.56 Å². The van der Waals surface area contributed by atoms with Crippen molar-refractivity contribution in [2.45, 2.75) is 6.18 Å². The monoisotopic (exact) mass is 224 g/mol. The molecule has 0 unspecified atom stereocenters. The van der Waals surface area contributed by atoms with Crippen LogP contribution in [0.4, 0.5) is 13.2 Å². The minimum Gasteiger partial charge on any atom is -0.166 e. The van der Waals surface area contributed by atoms with E-state index in [0.717, 1.165) is 17.7 Å². The van der Waals surface area contributed by atoms with E-state index in [-0.39, 0.29) is 0 Å². The van der Waals surface area contributed by atoms with Gasteiger partial charge in [0, 0.05) is 0 Å². The van der Waals surface area contributed by atoms with Gasteiger partial charge in [-0.15, -0.1) is 0 Å². The Kier molecular flexibility index (Phi) is 3.72. The summed E-state index contributed by atoms with van der Waals surface area (Å²) < 4.78 is 36.9. The van der Waals surface area contributed by atoms with Gasteiger partial charge in [0.1, 0.15) is 0 Å². The van der Waals surface area contributed by atoms with E-state index < -0.39 is 11.7 Å². The Morgan fingerprint density at radius 2 is 1.62 bits per heavy atom. The maximum Gasteiger partial charge on any atom is 0.416 e. The van der Waals surface area contributed by atoms with Crippen molar-refractivity contribution in [1.82, 2.24) is 0 Å². The molecule has 0 spiro atoms. The molecule has 0 amide bonds. The van der Waals surface area contributed by atoms with E-state index in [1.54, 1.807) is 18.2 Å². The summed E-state index contributed by atoms with van der Waals surface area (Å²) in [7, 11) is 0. The van der Waals surface area contributed by atoms with E-state index in [1.807, 2.05) is 0 Å². The molecule has 0 atom stereocenters. The lowest BCUT2D eigenvalue weighted by Crippen LogP contribution is -2.04. The van der Waals surface area contributed by atoms with Gasteiger partial charge in [0.15, 0.2) is 0 Å². The van der Waals surface area contributed by atoms with Crippen molar-refractivity contribution in [2.24, 2.45) is 0 Å². The number of hydrogen-bond acceptors (Lipinski definition) is 0. The Morgan fingerprint density at radius 1 is 1.06 bits per heavy atom. The van der Waals surface area contributed by atoms with Crippen LogP contribution >= 0.6 is 0 Å². The van der Waals surface area contributed by atoms with Gasteiger partial charge in [-0.05, 0) is 23.3 Å². The summed E-state index contributed by atoms with van der Waals surface area (Å²) in [5, 5.41) is 0. The highest BCUT2D eigenvalue weighted by Gasteiger charge is 2.29. The minimum absolute atomic E-state index is 0.654. The van der Waals surface area contributed by atoms with E-state index in [9.17, 15) is 13.2 Å². The number of hydrogen-bond donors (Lipinski definition) is 0. The van der Waals surface area contributed by atoms with Crippen molar-refractivity contribution in [1.29, 1.82) is 0 Å². The lowest BCUT2D eigenvalue weighted by molar-refractivity contribution is -0.137. The van der Waals surface area contributed by atoms with Crippen LogP contribution in [0.25, 0.3) is 5.57 Å². The Bertz CT molecular complexity index is 408. The van der Waals surface area contributed by atoms with E-state index in [4.69, 9.17) is 0 Å². The van der Waals surface area contributed by atoms with Crippen molar-refractivity contribution in [3.05, 3.63) is 66.8 Å². The molecule has 1 aromatic rings. The normalized spacial score (nSPS) is 12.3. The number of allylic oxidation sites excluding steroid dienone is 4. The zero-order chi connectivity index (χ0) is 12.2. The standard InChI is InChI=1S/C13H11F3/c1-3-5-10(4-2)11-6-8-12(9-7-11)13(14,15)16/h3-9H,1-2H2/b10-5+. The van der Waals surface area contributed by atoms with Crippen molar-refractivity contribution in [2.75, 3.05) is 0 Å². The lowest BCUT2D eigenvalue weighted by Gasteiger charge is -2.07. The van der Waals surface area contributed by atoms with Crippen LogP contribution in [-0.4, -0.2) is 0 Å². The van der Waals surface area contributed by atoms with Crippen LogP contribution in [0.5, 0.6) is 0 Å². The van der Waals surface area contributed by atoms with Crippen LogP contribution in [0.1, 0.15) is 11.1 Å². The Balaban J connectivity index is 3.08. The van der Waals surface area contributed by atoms with Crippen molar-refractivity contribution >= 4 is 5.57 Å². The number of halogens is 3. The van der Waals surface area contributed by atoms with E-state index in [1.165, 1.54) is 12.1 Å². The number of rotatable bonds is 3. The molecule has 84 valence electrons. The predicted molar refractivity (Wildman–Crippen MR) is 59.8 cm³/mol. The first-order chi connectivity index (χ1) is 7.49. The fraction of sp³-hybridized carbons (Fsp3) is 0.0769. The molecule has 0 aliphatic heterocycles. The van der Waals surface area contributed by atoms with Gasteiger partial charge in [-0.3, -0.25) is 0 Å². The topological polar surface area (TPSA) is 0 Å². The van der Waals surface area contributed by atoms with Gasteiger partial charge in [0.25, 0.3) is 0 Å². The zero-order valence-corrected chi connectivity index (χ0v) is 8.59. The largest absolute Gasteiger partial charge is 0.416 e. The summed E-state index contributed by atoms with van der Waals surface area (Å²) in [5.74, 6) is 0. The van der Waals surface area contributed by atoms with Gasteiger partial charge in [-0.2, -0.15) is 13.2 Å². The van der Waals surface area contributed by atoms with Crippen LogP contribution in [0.3, 0.4) is 0 Å². The molecule has 1 rings (SSSR count). The summed E-state index contributed by atoms with van der Waals surface area (Å²) in [6, 6.07) is 4.94. The van der Waals surface area contributed by atoms with E-state index in [2.05, 4.69) is 13.2 Å². The van der Waals surface area contributed by atoms with Gasteiger partial charge in [-0.25, -0.2) is 0 Å². The maximum absolute atomic E-state index is 12.3. The second-order valence-electron chi connectivity index (χ2n) is 3.14. The van der Waals surface area contributed by atoms with Crippen LogP contribution < -0.4 is 0 Å². The Morgan fingerprint density at radius 3 is 2.00 bits per heavy atom. The average molecular weight is 224 g/mol. The molecule has 1 aromatic carbocycles. The summed E-state index contributed by atoms with van der Waals surface area (Å²) in [4.78, 5) is 0. The highest BCUT2D eigenvalue weighted by Crippen LogP contribution is 2.30. The fourth-order valence-corrected chi connectivity index (χ4v) is 1.26. The third-order valence-electron chi connectivity index (χ3n) is 2.06. The molecule has 0 radical (unpaired) electrons. The molecule has 0 fully saturated rings. The number of benzene rings is 1. The minimum atomic E-state index is -4.30. The SMILES string of the molecule is C=C/C=C(\C=C)c1ccc(C(F)(F)F)cc1. The van der Waals surface area contributed by atoms with Gasteiger partial charge in [0.05, 0.1) is 5.56 Å². The van der Waals surface area contributed by atoms with Crippen LogP contribution in [-0.2, 0) is 6.18 Å². The summed E-state index contributed by atoms with van der Waals surface area (Å²) in [6.07, 6.45) is 0.531. The molecular weight excluding hydrogens is 213 g/mol. The molecule has 0 saturated heterocycles.